The molecule has 0 spiro atoms. The molecule has 0 aliphatic rings. The molecule has 0 saturated heterocycles. The summed E-state index contributed by atoms with van der Waals surface area (Å²) < 4.78 is 30.9. The summed E-state index contributed by atoms with van der Waals surface area (Å²) in [4.78, 5) is 0.606. The van der Waals surface area contributed by atoms with E-state index in [-0.39, 0.29) is 11.3 Å². The maximum absolute atomic E-state index is 13.7. The molecule has 2 aromatic rings. The average molecular weight is 289 g/mol. The van der Waals surface area contributed by atoms with Gasteiger partial charge in [-0.05, 0) is 36.4 Å². The van der Waals surface area contributed by atoms with Crippen LogP contribution in [0.3, 0.4) is 0 Å². The van der Waals surface area contributed by atoms with Gasteiger partial charge in [-0.25, -0.2) is 4.39 Å². The van der Waals surface area contributed by atoms with E-state index in [1.165, 1.54) is 12.1 Å². The third-order valence-electron chi connectivity index (χ3n) is 2.79. The molecule has 0 bridgehead atoms. The zero-order chi connectivity index (χ0) is 14.5. The lowest BCUT2D eigenvalue weighted by Gasteiger charge is -2.05. The molecule has 0 amide bonds. The summed E-state index contributed by atoms with van der Waals surface area (Å²) in [6.45, 7) is 0. The number of hydrogen-bond donors (Lipinski definition) is 0. The highest BCUT2D eigenvalue weighted by atomic mass is 32.2. The van der Waals surface area contributed by atoms with Crippen molar-refractivity contribution in [1.82, 2.24) is 0 Å². The summed E-state index contributed by atoms with van der Waals surface area (Å²) in [5, 5.41) is 8.67. The number of rotatable bonds is 4. The first-order chi connectivity index (χ1) is 9.63. The standard InChI is InChI=1S/C15H12FNO2S/c1-19-13-4-6-14(7-5-13)20(18)10-12-3-2-11(9-17)8-15(12)16/h2-8H,10H2,1H3. The van der Waals surface area contributed by atoms with Gasteiger partial charge in [-0.2, -0.15) is 5.26 Å². The largest absolute Gasteiger partial charge is 0.497 e. The first-order valence-electron chi connectivity index (χ1n) is 5.85. The Morgan fingerprint density at radius 2 is 1.95 bits per heavy atom. The number of nitrogens with zero attached hydrogens (tertiary/aromatic N) is 1. The van der Waals surface area contributed by atoms with Crippen molar-refractivity contribution in [3.8, 4) is 11.8 Å². The van der Waals surface area contributed by atoms with E-state index in [4.69, 9.17) is 10.00 Å². The number of ether oxygens (including phenoxy) is 1. The first kappa shape index (κ1) is 14.2. The Morgan fingerprint density at radius 3 is 2.50 bits per heavy atom. The summed E-state index contributed by atoms with van der Waals surface area (Å²) in [5.74, 6) is 0.241. The second kappa shape index (κ2) is 6.31. The number of benzene rings is 2. The molecule has 0 aliphatic heterocycles. The van der Waals surface area contributed by atoms with Gasteiger partial charge in [0, 0.05) is 10.5 Å². The van der Waals surface area contributed by atoms with E-state index >= 15 is 0 Å². The Kier molecular flexibility index (Phi) is 4.49. The second-order valence-corrected chi connectivity index (χ2v) is 5.53. The van der Waals surface area contributed by atoms with Crippen LogP contribution in [0.2, 0.25) is 0 Å². The Labute approximate surface area is 119 Å². The SMILES string of the molecule is COc1ccc(S(=O)Cc2ccc(C#N)cc2F)cc1. The van der Waals surface area contributed by atoms with Gasteiger partial charge in [0.25, 0.3) is 0 Å². The topological polar surface area (TPSA) is 50.1 Å². The van der Waals surface area contributed by atoms with E-state index in [9.17, 15) is 8.60 Å². The fraction of sp³-hybridized carbons (Fsp3) is 0.133. The highest BCUT2D eigenvalue weighted by Gasteiger charge is 2.10. The second-order valence-electron chi connectivity index (χ2n) is 4.08. The van der Waals surface area contributed by atoms with Crippen LogP contribution < -0.4 is 4.74 Å². The van der Waals surface area contributed by atoms with Crippen molar-refractivity contribution in [2.75, 3.05) is 7.11 Å². The number of nitriles is 1. The van der Waals surface area contributed by atoms with Crippen molar-refractivity contribution in [3.63, 3.8) is 0 Å². The first-order valence-corrected chi connectivity index (χ1v) is 7.17. The van der Waals surface area contributed by atoms with Crippen molar-refractivity contribution < 1.29 is 13.3 Å². The summed E-state index contributed by atoms with van der Waals surface area (Å²) in [6.07, 6.45) is 0. The lowest BCUT2D eigenvalue weighted by molar-refractivity contribution is 0.414. The molecule has 102 valence electrons. The van der Waals surface area contributed by atoms with Gasteiger partial charge in [0.2, 0.25) is 0 Å². The molecule has 20 heavy (non-hydrogen) atoms. The molecule has 3 nitrogen and oxygen atoms in total. The normalized spacial score (nSPS) is 11.7. The molecule has 0 radical (unpaired) electrons. The van der Waals surface area contributed by atoms with E-state index in [0.29, 0.717) is 16.2 Å². The lowest BCUT2D eigenvalue weighted by Crippen LogP contribution is -1.99. The zero-order valence-electron chi connectivity index (χ0n) is 10.8. The highest BCUT2D eigenvalue weighted by molar-refractivity contribution is 7.84. The quantitative estimate of drug-likeness (QED) is 0.869. The van der Waals surface area contributed by atoms with Crippen molar-refractivity contribution in [3.05, 3.63) is 59.4 Å². The Morgan fingerprint density at radius 1 is 1.25 bits per heavy atom. The van der Waals surface area contributed by atoms with Gasteiger partial charge in [-0.1, -0.05) is 6.07 Å². The fourth-order valence-corrected chi connectivity index (χ4v) is 2.81. The maximum Gasteiger partial charge on any atom is 0.128 e. The third-order valence-corrected chi connectivity index (χ3v) is 4.16. The minimum Gasteiger partial charge on any atom is -0.497 e. The van der Waals surface area contributed by atoms with Crippen molar-refractivity contribution in [2.24, 2.45) is 0 Å². The molecule has 5 heteroatoms. The van der Waals surface area contributed by atoms with Crippen molar-refractivity contribution in [1.29, 1.82) is 5.26 Å². The number of halogens is 1. The molecule has 0 saturated carbocycles. The van der Waals surface area contributed by atoms with E-state index in [2.05, 4.69) is 0 Å². The third kappa shape index (κ3) is 3.22. The molecule has 0 aromatic heterocycles. The van der Waals surface area contributed by atoms with E-state index < -0.39 is 16.6 Å². The van der Waals surface area contributed by atoms with Gasteiger partial charge in [-0.15, -0.1) is 0 Å². The molecule has 0 N–H and O–H groups in total. The Balaban J connectivity index is 2.17. The molecule has 1 unspecified atom stereocenters. The van der Waals surface area contributed by atoms with Crippen LogP contribution in [0.4, 0.5) is 4.39 Å². The highest BCUT2D eigenvalue weighted by Crippen LogP contribution is 2.18. The maximum atomic E-state index is 13.7. The summed E-state index contributed by atoms with van der Waals surface area (Å²) in [6, 6.07) is 12.8. The van der Waals surface area contributed by atoms with Gasteiger partial charge in [-0.3, -0.25) is 4.21 Å². The van der Waals surface area contributed by atoms with E-state index in [1.54, 1.807) is 31.4 Å². The number of methoxy groups -OCH3 is 1. The Bertz CT molecular complexity index is 677. The molecule has 0 aliphatic carbocycles. The summed E-state index contributed by atoms with van der Waals surface area (Å²) in [5.41, 5.74) is 0.583. The summed E-state index contributed by atoms with van der Waals surface area (Å²) >= 11 is 0. The molecular weight excluding hydrogens is 277 g/mol. The minimum atomic E-state index is -1.34. The fourth-order valence-electron chi connectivity index (χ4n) is 1.69. The molecule has 0 fully saturated rings. The van der Waals surface area contributed by atoms with Crippen LogP contribution in [0.5, 0.6) is 5.75 Å². The van der Waals surface area contributed by atoms with E-state index in [0.717, 1.165) is 6.07 Å². The monoisotopic (exact) mass is 289 g/mol. The minimum absolute atomic E-state index is 0.0733. The van der Waals surface area contributed by atoms with Gasteiger partial charge in [0.15, 0.2) is 0 Å². The molecule has 2 rings (SSSR count). The van der Waals surface area contributed by atoms with Gasteiger partial charge < -0.3 is 4.74 Å². The summed E-state index contributed by atoms with van der Waals surface area (Å²) in [7, 11) is 0.212. The van der Waals surface area contributed by atoms with Crippen LogP contribution >= 0.6 is 0 Å². The van der Waals surface area contributed by atoms with Crippen LogP contribution in [-0.4, -0.2) is 11.3 Å². The van der Waals surface area contributed by atoms with Crippen LogP contribution in [0.15, 0.2) is 47.4 Å². The van der Waals surface area contributed by atoms with Crippen LogP contribution in [0.25, 0.3) is 0 Å². The molecule has 2 aromatic carbocycles. The van der Waals surface area contributed by atoms with Gasteiger partial charge >= 0.3 is 0 Å². The zero-order valence-corrected chi connectivity index (χ0v) is 11.6. The van der Waals surface area contributed by atoms with Crippen LogP contribution in [0.1, 0.15) is 11.1 Å². The molecule has 0 heterocycles. The average Bonchev–Trinajstić information content (AvgIpc) is 2.49. The predicted octanol–water partition coefficient (Wildman–Crippen LogP) is 3.01. The molecular formula is C15H12FNO2S. The Hall–Kier alpha value is -2.19. The lowest BCUT2D eigenvalue weighted by atomic mass is 10.1. The molecule has 1 atom stereocenters. The van der Waals surface area contributed by atoms with Crippen LogP contribution in [0, 0.1) is 17.1 Å². The van der Waals surface area contributed by atoms with Gasteiger partial charge in [0.1, 0.15) is 11.6 Å². The van der Waals surface area contributed by atoms with Gasteiger partial charge in [0.05, 0.1) is 35.3 Å². The predicted molar refractivity (Wildman–Crippen MR) is 74.2 cm³/mol. The van der Waals surface area contributed by atoms with Crippen molar-refractivity contribution >= 4 is 10.8 Å². The van der Waals surface area contributed by atoms with Crippen molar-refractivity contribution in [2.45, 2.75) is 10.6 Å². The smallest absolute Gasteiger partial charge is 0.128 e. The van der Waals surface area contributed by atoms with E-state index in [1.807, 2.05) is 6.07 Å². The van der Waals surface area contributed by atoms with Crippen LogP contribution in [-0.2, 0) is 16.6 Å². The number of hydrogen-bond acceptors (Lipinski definition) is 3.